The van der Waals surface area contributed by atoms with Crippen LogP contribution in [0.2, 0.25) is 0 Å². The van der Waals surface area contributed by atoms with Gasteiger partial charge in [0.1, 0.15) is 13.2 Å². The average Bonchev–Trinajstić information content (AvgIpc) is 3.04. The predicted octanol–water partition coefficient (Wildman–Crippen LogP) is 3.51. The number of carbonyl (C=O) groups is 2. The molecule has 32 heavy (non-hydrogen) atoms. The van der Waals surface area contributed by atoms with Crippen LogP contribution in [0, 0.1) is 0 Å². The number of ketones is 1. The number of rotatable bonds is 6. The van der Waals surface area contributed by atoms with Gasteiger partial charge in [-0.25, -0.2) is 0 Å². The summed E-state index contributed by atoms with van der Waals surface area (Å²) in [5, 5.41) is 11.5. The highest BCUT2D eigenvalue weighted by Gasteiger charge is 2.50. The molecule has 1 N–H and O–H groups in total. The first kappa shape index (κ1) is 20.3. The number of hydrogen-bond donors (Lipinski definition) is 1. The lowest BCUT2D eigenvalue weighted by Crippen LogP contribution is -2.42. The van der Waals surface area contributed by atoms with Crippen molar-refractivity contribution in [3.63, 3.8) is 0 Å². The lowest BCUT2D eigenvalue weighted by Gasteiger charge is -2.23. The molecule has 5 rings (SSSR count). The Morgan fingerprint density at radius 1 is 0.938 bits per heavy atom. The number of Topliss-reactive ketones (excluding diaryl/α,β-unsaturated/α-hetero) is 1. The molecule has 0 spiro atoms. The van der Waals surface area contributed by atoms with E-state index >= 15 is 0 Å². The van der Waals surface area contributed by atoms with Crippen molar-refractivity contribution in [3.05, 3.63) is 89.5 Å². The molecule has 0 aliphatic carbocycles. The van der Waals surface area contributed by atoms with E-state index in [1.165, 1.54) is 0 Å². The molecule has 0 radical (unpaired) electrons. The third-order valence-electron chi connectivity index (χ3n) is 5.99. The summed E-state index contributed by atoms with van der Waals surface area (Å²) in [6, 6.07) is 21.9. The molecule has 6 nitrogen and oxygen atoms in total. The van der Waals surface area contributed by atoms with E-state index in [9.17, 15) is 14.7 Å². The maximum atomic E-state index is 13.4. The summed E-state index contributed by atoms with van der Waals surface area (Å²) in [6.07, 6.45) is 0.303. The van der Waals surface area contributed by atoms with Gasteiger partial charge in [0.25, 0.3) is 5.91 Å². The van der Waals surface area contributed by atoms with Crippen molar-refractivity contribution in [2.45, 2.75) is 18.4 Å². The Balaban J connectivity index is 1.40. The van der Waals surface area contributed by atoms with E-state index in [0.29, 0.717) is 54.5 Å². The van der Waals surface area contributed by atoms with Gasteiger partial charge in [0.05, 0.1) is 12.1 Å². The van der Waals surface area contributed by atoms with E-state index in [1.807, 2.05) is 42.5 Å². The molecule has 162 valence electrons. The van der Waals surface area contributed by atoms with Crippen molar-refractivity contribution in [2.75, 3.05) is 24.7 Å². The van der Waals surface area contributed by atoms with Gasteiger partial charge < -0.3 is 19.5 Å². The molecule has 3 aromatic carbocycles. The third-order valence-corrected chi connectivity index (χ3v) is 5.99. The van der Waals surface area contributed by atoms with Crippen LogP contribution in [-0.2, 0) is 16.8 Å². The highest BCUT2D eigenvalue weighted by Crippen LogP contribution is 2.43. The molecule has 3 aromatic rings. The van der Waals surface area contributed by atoms with Crippen molar-refractivity contribution in [1.82, 2.24) is 0 Å². The number of amides is 1. The number of fused-ring (bicyclic) bond motifs is 2. The first-order valence-electron chi connectivity index (χ1n) is 10.7. The topological polar surface area (TPSA) is 76.1 Å². The first-order valence-corrected chi connectivity index (χ1v) is 10.7. The molecule has 1 atom stereocenters. The lowest BCUT2D eigenvalue weighted by atomic mass is 9.88. The SMILES string of the molecule is O=C(CC1(O)C(=O)N(CCc2ccccc2)c2ccccc21)c1ccc2c(c1)OCCO2. The predicted molar refractivity (Wildman–Crippen MR) is 119 cm³/mol. The van der Waals surface area contributed by atoms with E-state index in [-0.39, 0.29) is 12.2 Å². The number of carbonyl (C=O) groups excluding carboxylic acids is 2. The summed E-state index contributed by atoms with van der Waals surface area (Å²) in [5.41, 5.74) is 0.670. The third kappa shape index (κ3) is 3.52. The van der Waals surface area contributed by atoms with Gasteiger partial charge in [-0.15, -0.1) is 0 Å². The molecular formula is C26H23NO5. The van der Waals surface area contributed by atoms with Crippen LogP contribution in [0.4, 0.5) is 5.69 Å². The molecule has 2 aliphatic heterocycles. The number of para-hydroxylation sites is 1. The van der Waals surface area contributed by atoms with E-state index in [2.05, 4.69) is 0 Å². The van der Waals surface area contributed by atoms with Crippen molar-refractivity contribution < 1.29 is 24.2 Å². The quantitative estimate of drug-likeness (QED) is 0.607. The first-order chi connectivity index (χ1) is 15.6. The normalized spacial score (nSPS) is 19.0. The van der Waals surface area contributed by atoms with Gasteiger partial charge in [0.15, 0.2) is 22.9 Å². The summed E-state index contributed by atoms with van der Waals surface area (Å²) < 4.78 is 11.1. The Hall–Kier alpha value is -3.64. The van der Waals surface area contributed by atoms with Gasteiger partial charge in [-0.05, 0) is 36.2 Å². The van der Waals surface area contributed by atoms with Gasteiger partial charge in [-0.3, -0.25) is 9.59 Å². The molecule has 1 unspecified atom stereocenters. The lowest BCUT2D eigenvalue weighted by molar-refractivity contribution is -0.135. The second-order valence-corrected chi connectivity index (χ2v) is 8.03. The Morgan fingerprint density at radius 3 is 2.47 bits per heavy atom. The van der Waals surface area contributed by atoms with Crippen LogP contribution in [0.3, 0.4) is 0 Å². The van der Waals surface area contributed by atoms with Crippen LogP contribution in [-0.4, -0.2) is 36.6 Å². The van der Waals surface area contributed by atoms with E-state index in [1.54, 1.807) is 35.2 Å². The second kappa shape index (κ2) is 8.13. The molecule has 2 heterocycles. The van der Waals surface area contributed by atoms with Crippen LogP contribution < -0.4 is 14.4 Å². The van der Waals surface area contributed by atoms with Crippen molar-refractivity contribution in [1.29, 1.82) is 0 Å². The zero-order chi connectivity index (χ0) is 22.1. The number of anilines is 1. The van der Waals surface area contributed by atoms with E-state index in [0.717, 1.165) is 5.56 Å². The minimum Gasteiger partial charge on any atom is -0.486 e. The van der Waals surface area contributed by atoms with Crippen LogP contribution >= 0.6 is 0 Å². The van der Waals surface area contributed by atoms with Gasteiger partial charge >= 0.3 is 0 Å². The molecule has 0 saturated carbocycles. The maximum Gasteiger partial charge on any atom is 0.264 e. The average molecular weight is 429 g/mol. The molecule has 2 aliphatic rings. The molecule has 0 bridgehead atoms. The molecular weight excluding hydrogens is 406 g/mol. The van der Waals surface area contributed by atoms with Crippen LogP contribution in [0.5, 0.6) is 11.5 Å². The van der Waals surface area contributed by atoms with E-state index < -0.39 is 11.5 Å². The fraction of sp³-hybridized carbons (Fsp3) is 0.231. The van der Waals surface area contributed by atoms with Gasteiger partial charge in [-0.1, -0.05) is 48.5 Å². The fourth-order valence-corrected chi connectivity index (χ4v) is 4.34. The number of ether oxygens (including phenoxy) is 2. The fourth-order valence-electron chi connectivity index (χ4n) is 4.34. The Labute approximate surface area is 186 Å². The molecule has 0 fully saturated rings. The minimum atomic E-state index is -1.91. The maximum absolute atomic E-state index is 13.4. The van der Waals surface area contributed by atoms with Crippen molar-refractivity contribution >= 4 is 17.4 Å². The van der Waals surface area contributed by atoms with Crippen LogP contribution in [0.1, 0.15) is 27.9 Å². The van der Waals surface area contributed by atoms with Gasteiger partial charge in [-0.2, -0.15) is 0 Å². The van der Waals surface area contributed by atoms with Crippen LogP contribution in [0.25, 0.3) is 0 Å². The Kier molecular flexibility index (Phi) is 5.15. The zero-order valence-corrected chi connectivity index (χ0v) is 17.5. The smallest absolute Gasteiger partial charge is 0.264 e. The molecule has 0 aromatic heterocycles. The Morgan fingerprint density at radius 2 is 1.66 bits per heavy atom. The largest absolute Gasteiger partial charge is 0.486 e. The summed E-state index contributed by atoms with van der Waals surface area (Å²) >= 11 is 0. The van der Waals surface area contributed by atoms with Crippen molar-refractivity contribution in [3.8, 4) is 11.5 Å². The molecule has 0 saturated heterocycles. The second-order valence-electron chi connectivity index (χ2n) is 8.03. The van der Waals surface area contributed by atoms with Gasteiger partial charge in [0.2, 0.25) is 0 Å². The number of hydrogen-bond acceptors (Lipinski definition) is 5. The van der Waals surface area contributed by atoms with Crippen molar-refractivity contribution in [2.24, 2.45) is 0 Å². The summed E-state index contributed by atoms with van der Waals surface area (Å²) in [6.45, 7) is 1.29. The number of nitrogens with zero attached hydrogens (tertiary/aromatic N) is 1. The number of aliphatic hydroxyl groups is 1. The standard InChI is InChI=1S/C26H23NO5/c28-22(19-10-11-23-24(16-19)32-15-14-31-23)17-26(30)20-8-4-5-9-21(20)27(25(26)29)13-12-18-6-2-1-3-7-18/h1-11,16,30H,12-15,17H2. The van der Waals surface area contributed by atoms with E-state index in [4.69, 9.17) is 9.47 Å². The monoisotopic (exact) mass is 429 g/mol. The highest BCUT2D eigenvalue weighted by atomic mass is 16.6. The number of benzene rings is 3. The summed E-state index contributed by atoms with van der Waals surface area (Å²) in [4.78, 5) is 28.1. The molecule has 6 heteroatoms. The van der Waals surface area contributed by atoms with Gasteiger partial charge in [0, 0.05) is 17.7 Å². The molecule has 1 amide bonds. The minimum absolute atomic E-state index is 0.336. The summed E-state index contributed by atoms with van der Waals surface area (Å²) in [5.74, 6) is 0.274. The zero-order valence-electron chi connectivity index (χ0n) is 17.5. The Bertz CT molecular complexity index is 1180. The highest BCUT2D eigenvalue weighted by molar-refractivity contribution is 6.10. The van der Waals surface area contributed by atoms with Crippen LogP contribution in [0.15, 0.2) is 72.8 Å². The summed E-state index contributed by atoms with van der Waals surface area (Å²) in [7, 11) is 0.